The van der Waals surface area contributed by atoms with Crippen molar-refractivity contribution in [2.24, 2.45) is 5.92 Å². The Morgan fingerprint density at radius 2 is 1.92 bits per heavy atom. The monoisotopic (exact) mass is 346 g/mol. The molecule has 2 aliphatic rings. The number of nitrogens with zero attached hydrogens (tertiary/aromatic N) is 1. The Morgan fingerprint density at radius 3 is 2.64 bits per heavy atom. The van der Waals surface area contributed by atoms with Crippen molar-refractivity contribution >= 4 is 5.91 Å². The Balaban J connectivity index is 1.50. The number of carbonyl (C=O) groups is 1. The van der Waals surface area contributed by atoms with Crippen molar-refractivity contribution in [2.75, 3.05) is 39.5 Å². The molecule has 138 valence electrons. The largest absolute Gasteiger partial charge is 0.490 e. The van der Waals surface area contributed by atoms with Crippen LogP contribution >= 0.6 is 0 Å². The first-order chi connectivity index (χ1) is 12.3. The molecule has 3 rings (SSSR count). The number of hydrogen-bond acceptors (Lipinski definition) is 4. The maximum Gasteiger partial charge on any atom is 0.257 e. The van der Waals surface area contributed by atoms with Crippen LogP contribution in [0.25, 0.3) is 0 Å². The Labute approximate surface area is 150 Å². The molecule has 0 spiro atoms. The average molecular weight is 346 g/mol. The molecular weight excluding hydrogens is 316 g/mol. The molecule has 2 fully saturated rings. The van der Waals surface area contributed by atoms with E-state index in [9.17, 15) is 4.79 Å². The Hall–Kier alpha value is -1.59. The number of amides is 1. The van der Waals surface area contributed by atoms with E-state index in [4.69, 9.17) is 9.47 Å². The molecule has 1 aromatic carbocycles. The highest BCUT2D eigenvalue weighted by atomic mass is 16.5. The molecule has 1 aliphatic carbocycles. The summed E-state index contributed by atoms with van der Waals surface area (Å²) in [5.74, 6) is 1.63. The molecule has 1 heterocycles. The topological polar surface area (TPSA) is 50.8 Å². The zero-order valence-electron chi connectivity index (χ0n) is 15.2. The van der Waals surface area contributed by atoms with E-state index in [2.05, 4.69) is 5.32 Å². The highest BCUT2D eigenvalue weighted by molar-refractivity contribution is 5.97. The van der Waals surface area contributed by atoms with Crippen LogP contribution in [0.5, 0.6) is 5.75 Å². The van der Waals surface area contributed by atoms with Crippen molar-refractivity contribution in [1.29, 1.82) is 0 Å². The number of para-hydroxylation sites is 1. The van der Waals surface area contributed by atoms with Gasteiger partial charge in [0, 0.05) is 25.7 Å². The molecule has 1 amide bonds. The van der Waals surface area contributed by atoms with Crippen LogP contribution < -0.4 is 10.1 Å². The predicted octanol–water partition coefficient (Wildman–Crippen LogP) is 2.71. The Bertz CT molecular complexity index is 552. The van der Waals surface area contributed by atoms with Crippen molar-refractivity contribution in [2.45, 2.75) is 38.6 Å². The summed E-state index contributed by atoms with van der Waals surface area (Å²) in [5.41, 5.74) is 0.656. The van der Waals surface area contributed by atoms with Crippen LogP contribution in [-0.4, -0.2) is 56.3 Å². The van der Waals surface area contributed by atoms with E-state index in [1.807, 2.05) is 36.1 Å². The van der Waals surface area contributed by atoms with Gasteiger partial charge in [0.25, 0.3) is 5.91 Å². The number of carbonyl (C=O) groups excluding carboxylic acids is 1. The lowest BCUT2D eigenvalue weighted by Crippen LogP contribution is -2.45. The van der Waals surface area contributed by atoms with Crippen molar-refractivity contribution < 1.29 is 14.3 Å². The van der Waals surface area contributed by atoms with Gasteiger partial charge in [-0.25, -0.2) is 0 Å². The quantitative estimate of drug-likeness (QED) is 0.699. The summed E-state index contributed by atoms with van der Waals surface area (Å²) < 4.78 is 11.1. The summed E-state index contributed by atoms with van der Waals surface area (Å²) in [7, 11) is 0. The first-order valence-electron chi connectivity index (χ1n) is 9.60. The molecule has 1 aromatic rings. The van der Waals surface area contributed by atoms with E-state index in [0.29, 0.717) is 37.2 Å². The molecule has 0 unspecified atom stereocenters. The molecular formula is C20H30N2O3. The fourth-order valence-corrected chi connectivity index (χ4v) is 3.24. The van der Waals surface area contributed by atoms with Crippen LogP contribution in [0.1, 0.15) is 43.0 Å². The van der Waals surface area contributed by atoms with E-state index >= 15 is 0 Å². The second-order valence-corrected chi connectivity index (χ2v) is 6.96. The number of hydrogen-bond donors (Lipinski definition) is 1. The molecule has 25 heavy (non-hydrogen) atoms. The van der Waals surface area contributed by atoms with Crippen molar-refractivity contribution in [3.8, 4) is 5.75 Å². The van der Waals surface area contributed by atoms with Gasteiger partial charge in [-0.3, -0.25) is 4.79 Å². The van der Waals surface area contributed by atoms with Crippen LogP contribution in [0.15, 0.2) is 24.3 Å². The van der Waals surface area contributed by atoms with Crippen molar-refractivity contribution in [1.82, 2.24) is 10.2 Å². The van der Waals surface area contributed by atoms with Gasteiger partial charge in [-0.05, 0) is 57.2 Å². The van der Waals surface area contributed by atoms with E-state index in [0.717, 1.165) is 38.4 Å². The van der Waals surface area contributed by atoms with Crippen LogP contribution in [0, 0.1) is 5.92 Å². The third-order valence-corrected chi connectivity index (χ3v) is 4.98. The summed E-state index contributed by atoms with van der Waals surface area (Å²) in [4.78, 5) is 14.8. The molecule has 0 bridgehead atoms. The van der Waals surface area contributed by atoms with Crippen LogP contribution in [-0.2, 0) is 4.74 Å². The van der Waals surface area contributed by atoms with Gasteiger partial charge in [0.1, 0.15) is 12.4 Å². The number of likely N-dealkylation sites (tertiary alicyclic amines) is 1. The molecule has 1 saturated heterocycles. The Morgan fingerprint density at radius 1 is 1.16 bits per heavy atom. The van der Waals surface area contributed by atoms with Crippen molar-refractivity contribution in [3.05, 3.63) is 29.8 Å². The first kappa shape index (κ1) is 18.2. The third-order valence-electron chi connectivity index (χ3n) is 4.98. The minimum Gasteiger partial charge on any atom is -0.490 e. The average Bonchev–Trinajstić information content (AvgIpc) is 3.48. The number of ether oxygens (including phenoxy) is 2. The molecule has 5 heteroatoms. The van der Waals surface area contributed by atoms with Gasteiger partial charge < -0.3 is 19.7 Å². The molecule has 1 N–H and O–H groups in total. The maximum atomic E-state index is 12.9. The van der Waals surface area contributed by atoms with E-state index in [-0.39, 0.29) is 5.91 Å². The highest BCUT2D eigenvalue weighted by Gasteiger charge is 2.27. The summed E-state index contributed by atoms with van der Waals surface area (Å²) in [6.07, 6.45) is 4.83. The van der Waals surface area contributed by atoms with Crippen molar-refractivity contribution in [3.63, 3.8) is 0 Å². The second-order valence-electron chi connectivity index (χ2n) is 6.96. The minimum atomic E-state index is 0.0765. The fourth-order valence-electron chi connectivity index (χ4n) is 3.24. The van der Waals surface area contributed by atoms with Gasteiger partial charge >= 0.3 is 0 Å². The summed E-state index contributed by atoms with van der Waals surface area (Å²) >= 11 is 0. The molecule has 0 radical (unpaired) electrons. The molecule has 5 nitrogen and oxygen atoms in total. The first-order valence-corrected chi connectivity index (χ1v) is 9.60. The van der Waals surface area contributed by atoms with Gasteiger partial charge in [0.05, 0.1) is 12.2 Å². The van der Waals surface area contributed by atoms with E-state index < -0.39 is 0 Å². The summed E-state index contributed by atoms with van der Waals surface area (Å²) in [5, 5.41) is 3.66. The number of rotatable bonds is 9. The van der Waals surface area contributed by atoms with Gasteiger partial charge in [-0.2, -0.15) is 0 Å². The SMILES string of the molecule is CCOCCOc1ccccc1C(=O)N1CCC(NCC2CC2)CC1. The number of benzene rings is 1. The van der Waals surface area contributed by atoms with Crippen LogP contribution in [0.3, 0.4) is 0 Å². The lowest BCUT2D eigenvalue weighted by Gasteiger charge is -2.33. The lowest BCUT2D eigenvalue weighted by molar-refractivity contribution is 0.0695. The third kappa shape index (κ3) is 5.44. The number of nitrogens with one attached hydrogen (secondary N) is 1. The van der Waals surface area contributed by atoms with E-state index in [1.165, 1.54) is 12.8 Å². The van der Waals surface area contributed by atoms with E-state index in [1.54, 1.807) is 0 Å². The summed E-state index contributed by atoms with van der Waals surface area (Å²) in [6.45, 7) is 6.41. The fraction of sp³-hybridized carbons (Fsp3) is 0.650. The van der Waals surface area contributed by atoms with Crippen LogP contribution in [0.2, 0.25) is 0 Å². The second kappa shape index (κ2) is 9.20. The standard InChI is InChI=1S/C20H30N2O3/c1-2-24-13-14-25-19-6-4-3-5-18(19)20(23)22-11-9-17(10-12-22)21-15-16-7-8-16/h3-6,16-17,21H,2,7-15H2,1H3. The van der Waals surface area contributed by atoms with Gasteiger partial charge in [-0.15, -0.1) is 0 Å². The lowest BCUT2D eigenvalue weighted by atomic mass is 10.0. The predicted molar refractivity (Wildman–Crippen MR) is 98.1 cm³/mol. The maximum absolute atomic E-state index is 12.9. The summed E-state index contributed by atoms with van der Waals surface area (Å²) in [6, 6.07) is 8.08. The Kier molecular flexibility index (Phi) is 6.70. The van der Waals surface area contributed by atoms with Gasteiger partial charge in [-0.1, -0.05) is 12.1 Å². The van der Waals surface area contributed by atoms with Gasteiger partial charge in [0.2, 0.25) is 0 Å². The molecule has 1 aliphatic heterocycles. The smallest absolute Gasteiger partial charge is 0.257 e. The zero-order valence-corrected chi connectivity index (χ0v) is 15.2. The molecule has 0 atom stereocenters. The zero-order chi connectivity index (χ0) is 17.5. The van der Waals surface area contributed by atoms with Crippen LogP contribution in [0.4, 0.5) is 0 Å². The normalized spacial score (nSPS) is 18.4. The highest BCUT2D eigenvalue weighted by Crippen LogP contribution is 2.28. The number of piperidine rings is 1. The molecule has 0 aromatic heterocycles. The molecule has 1 saturated carbocycles. The minimum absolute atomic E-state index is 0.0765. The van der Waals surface area contributed by atoms with Gasteiger partial charge in [0.15, 0.2) is 0 Å².